The van der Waals surface area contributed by atoms with Crippen LogP contribution in [-0.4, -0.2) is 73.4 Å². The maximum absolute atomic E-state index is 13.1. The average Bonchev–Trinajstić information content (AvgIpc) is 3.56. The summed E-state index contributed by atoms with van der Waals surface area (Å²) in [6.07, 6.45) is 86.4. The van der Waals surface area contributed by atoms with Gasteiger partial charge in [0.25, 0.3) is 0 Å². The number of nitrogens with one attached hydrogen (secondary N) is 1. The zero-order chi connectivity index (χ0) is 61.2. The van der Waals surface area contributed by atoms with Crippen molar-refractivity contribution in [3.8, 4) is 0 Å². The van der Waals surface area contributed by atoms with E-state index in [9.17, 15) is 19.4 Å². The molecule has 3 unspecified atom stereocenters. The first-order valence-corrected chi connectivity index (χ1v) is 39.5. The van der Waals surface area contributed by atoms with Crippen molar-refractivity contribution >= 4 is 13.7 Å². The molecule has 8 nitrogen and oxygen atoms in total. The lowest BCUT2D eigenvalue weighted by Crippen LogP contribution is -2.46. The first-order chi connectivity index (χ1) is 41.0. The van der Waals surface area contributed by atoms with Crippen LogP contribution in [0.1, 0.15) is 412 Å². The fraction of sp³-hybridized carbons (Fsp3) is 0.960. The molecular weight excluding hydrogens is 1060 g/mol. The number of aliphatic hydroxyl groups excluding tert-OH is 1. The van der Waals surface area contributed by atoms with Crippen molar-refractivity contribution in [2.75, 3.05) is 40.9 Å². The van der Waals surface area contributed by atoms with Crippen LogP contribution in [0.4, 0.5) is 0 Å². The number of allylic oxidation sites excluding steroid dienone is 2. The smallest absolute Gasteiger partial charge is 0.391 e. The summed E-state index contributed by atoms with van der Waals surface area (Å²) in [5.41, 5.74) is 0. The monoisotopic (exact) mass is 1210 g/mol. The van der Waals surface area contributed by atoms with Gasteiger partial charge in [-0.1, -0.05) is 379 Å². The number of likely N-dealkylation sites (N-methyl/N-ethyl adjacent to an activating group) is 1. The molecule has 0 spiro atoms. The fourth-order valence-corrected chi connectivity index (χ4v) is 12.8. The molecule has 0 aromatic rings. The largest absolute Gasteiger partial charge is 0.472 e. The molecule has 0 bridgehead atoms. The maximum atomic E-state index is 13.1. The Balaban J connectivity index is 3.89. The van der Waals surface area contributed by atoms with Crippen molar-refractivity contribution in [3.63, 3.8) is 0 Å². The highest BCUT2D eigenvalue weighted by Crippen LogP contribution is 2.43. The normalized spacial score (nSPS) is 13.6. The Bertz CT molecular complexity index is 1370. The van der Waals surface area contributed by atoms with E-state index in [-0.39, 0.29) is 19.1 Å². The predicted octanol–water partition coefficient (Wildman–Crippen LogP) is 24.5. The standard InChI is InChI=1S/C75H151N2O6P/c1-6-8-10-12-14-16-18-20-22-24-26-28-30-31-32-33-34-35-36-37-38-39-40-41-42-43-44-45-47-49-51-53-55-57-59-61-63-65-67-69-75(79)76-73(72-83-84(80,81)82-71-70-77(3,4)5)74(78)68-66-64-62-60-58-56-54-52-50-48-46-29-27-25-23-21-19-17-15-13-11-9-7-2/h37-38,73-74,78H,6-36,39-72H2,1-5H3,(H-,76,79,80,81)/p+1/b38-37-. The van der Waals surface area contributed by atoms with E-state index in [1.807, 2.05) is 21.1 Å². The number of rotatable bonds is 72. The molecule has 3 atom stereocenters. The highest BCUT2D eigenvalue weighted by atomic mass is 31.2. The van der Waals surface area contributed by atoms with E-state index >= 15 is 0 Å². The van der Waals surface area contributed by atoms with Crippen LogP contribution in [0.25, 0.3) is 0 Å². The van der Waals surface area contributed by atoms with Crippen LogP contribution in [0.15, 0.2) is 12.2 Å². The minimum Gasteiger partial charge on any atom is -0.391 e. The fourth-order valence-electron chi connectivity index (χ4n) is 12.1. The van der Waals surface area contributed by atoms with Gasteiger partial charge < -0.3 is 19.8 Å². The van der Waals surface area contributed by atoms with Crippen molar-refractivity contribution in [3.05, 3.63) is 12.2 Å². The highest BCUT2D eigenvalue weighted by Gasteiger charge is 2.28. The van der Waals surface area contributed by atoms with Gasteiger partial charge in [0.15, 0.2) is 0 Å². The molecule has 84 heavy (non-hydrogen) atoms. The number of hydrogen-bond acceptors (Lipinski definition) is 5. The first kappa shape index (κ1) is 83.2. The number of quaternary nitrogens is 1. The molecule has 0 rings (SSSR count). The Kier molecular flexibility index (Phi) is 66.1. The molecule has 0 aromatic heterocycles. The lowest BCUT2D eigenvalue weighted by atomic mass is 10.0. The highest BCUT2D eigenvalue weighted by molar-refractivity contribution is 7.47. The number of phosphoric acid groups is 1. The second kappa shape index (κ2) is 66.7. The van der Waals surface area contributed by atoms with Crippen LogP contribution in [0, 0.1) is 0 Å². The molecule has 0 fully saturated rings. The third-order valence-electron chi connectivity index (χ3n) is 18.0. The third-order valence-corrected chi connectivity index (χ3v) is 19.0. The number of phosphoric ester groups is 1. The summed E-state index contributed by atoms with van der Waals surface area (Å²) in [6, 6.07) is -0.759. The lowest BCUT2D eigenvalue weighted by Gasteiger charge is -2.26. The van der Waals surface area contributed by atoms with Crippen LogP contribution in [-0.2, 0) is 18.4 Å². The van der Waals surface area contributed by atoms with Gasteiger partial charge in [-0.3, -0.25) is 13.8 Å². The van der Waals surface area contributed by atoms with Gasteiger partial charge in [0.05, 0.1) is 39.9 Å². The summed E-state index contributed by atoms with van der Waals surface area (Å²) in [5, 5.41) is 14.2. The van der Waals surface area contributed by atoms with Gasteiger partial charge in [0.1, 0.15) is 13.2 Å². The lowest BCUT2D eigenvalue weighted by molar-refractivity contribution is -0.870. The van der Waals surface area contributed by atoms with Crippen molar-refractivity contribution < 1.29 is 32.9 Å². The molecule has 0 radical (unpaired) electrons. The summed E-state index contributed by atoms with van der Waals surface area (Å²) in [7, 11) is 1.64. The molecule has 0 aromatic carbocycles. The Morgan fingerprint density at radius 3 is 0.917 bits per heavy atom. The average molecular weight is 1210 g/mol. The molecule has 9 heteroatoms. The number of nitrogens with zero attached hydrogens (tertiary/aromatic N) is 1. The number of carbonyl (C=O) groups excluding carboxylic acids is 1. The van der Waals surface area contributed by atoms with Crippen molar-refractivity contribution in [2.24, 2.45) is 0 Å². The number of aliphatic hydroxyl groups is 1. The molecule has 0 aliphatic heterocycles. The van der Waals surface area contributed by atoms with Gasteiger partial charge in [-0.2, -0.15) is 0 Å². The Hall–Kier alpha value is -0.760. The van der Waals surface area contributed by atoms with Crippen LogP contribution >= 0.6 is 7.82 Å². The number of unbranched alkanes of at least 4 members (excludes halogenated alkanes) is 57. The zero-order valence-electron chi connectivity index (χ0n) is 57.7. The predicted molar refractivity (Wildman–Crippen MR) is 369 cm³/mol. The first-order valence-electron chi connectivity index (χ1n) is 38.1. The second-order valence-electron chi connectivity index (χ2n) is 27.7. The van der Waals surface area contributed by atoms with E-state index < -0.39 is 20.0 Å². The Labute approximate surface area is 526 Å². The maximum Gasteiger partial charge on any atom is 0.472 e. The van der Waals surface area contributed by atoms with E-state index in [2.05, 4.69) is 31.3 Å². The van der Waals surface area contributed by atoms with Crippen molar-refractivity contribution in [1.82, 2.24) is 5.32 Å². The molecule has 502 valence electrons. The zero-order valence-corrected chi connectivity index (χ0v) is 58.6. The molecule has 0 aliphatic carbocycles. The summed E-state index contributed by atoms with van der Waals surface area (Å²) >= 11 is 0. The van der Waals surface area contributed by atoms with Gasteiger partial charge in [-0.25, -0.2) is 4.57 Å². The molecule has 0 aliphatic rings. The topological polar surface area (TPSA) is 105 Å². The molecular formula is C75H152N2O6P+. The van der Waals surface area contributed by atoms with Gasteiger partial charge in [-0.15, -0.1) is 0 Å². The summed E-state index contributed by atoms with van der Waals surface area (Å²) in [4.78, 5) is 23.5. The van der Waals surface area contributed by atoms with Gasteiger partial charge in [0.2, 0.25) is 5.91 Å². The van der Waals surface area contributed by atoms with Crippen LogP contribution in [0.5, 0.6) is 0 Å². The van der Waals surface area contributed by atoms with Crippen molar-refractivity contribution in [2.45, 2.75) is 424 Å². The van der Waals surface area contributed by atoms with E-state index in [4.69, 9.17) is 9.05 Å². The van der Waals surface area contributed by atoms with Gasteiger partial charge in [0, 0.05) is 6.42 Å². The Morgan fingerprint density at radius 1 is 0.393 bits per heavy atom. The molecule has 0 saturated heterocycles. The van der Waals surface area contributed by atoms with E-state index in [0.29, 0.717) is 23.9 Å². The number of carbonyl (C=O) groups is 1. The minimum atomic E-state index is -4.33. The summed E-state index contributed by atoms with van der Waals surface area (Å²) < 4.78 is 23.9. The van der Waals surface area contributed by atoms with E-state index in [0.717, 1.165) is 38.5 Å². The summed E-state index contributed by atoms with van der Waals surface area (Å²) in [6.45, 7) is 4.96. The minimum absolute atomic E-state index is 0.0783. The molecule has 1 amide bonds. The Morgan fingerprint density at radius 2 is 0.643 bits per heavy atom. The van der Waals surface area contributed by atoms with Crippen LogP contribution in [0.2, 0.25) is 0 Å². The summed E-state index contributed by atoms with van der Waals surface area (Å²) in [5.74, 6) is -0.134. The van der Waals surface area contributed by atoms with E-state index in [1.165, 1.54) is 347 Å². The van der Waals surface area contributed by atoms with Gasteiger partial charge >= 0.3 is 7.82 Å². The quantitative estimate of drug-likeness (QED) is 0.0243. The van der Waals surface area contributed by atoms with Crippen molar-refractivity contribution in [1.29, 1.82) is 0 Å². The SMILES string of the molecule is CCCCCCCCCCCCCCCCCCCC/C=C\CCCCCCCCCCCCCCCCCCCC(=O)NC(COP(=O)(O)OCC[N+](C)(C)C)C(O)CCCCCCCCCCCCCCCCCCCCCCCCC. The molecule has 3 N–H and O–H groups in total. The molecule has 0 saturated carbocycles. The molecule has 0 heterocycles. The van der Waals surface area contributed by atoms with E-state index in [1.54, 1.807) is 0 Å². The number of amides is 1. The van der Waals surface area contributed by atoms with Gasteiger partial charge in [-0.05, 0) is 38.5 Å². The van der Waals surface area contributed by atoms with Crippen LogP contribution < -0.4 is 5.32 Å². The third kappa shape index (κ3) is 68.7. The number of hydrogen-bond donors (Lipinski definition) is 3. The van der Waals surface area contributed by atoms with Crippen LogP contribution in [0.3, 0.4) is 0 Å². The second-order valence-corrected chi connectivity index (χ2v) is 29.2.